The lowest BCUT2D eigenvalue weighted by Gasteiger charge is -2.28. The largest absolute Gasteiger partial charge is 0.465 e. The van der Waals surface area contributed by atoms with Crippen molar-refractivity contribution >= 4 is 29.6 Å². The van der Waals surface area contributed by atoms with Gasteiger partial charge in [-0.3, -0.25) is 14.9 Å². The van der Waals surface area contributed by atoms with Crippen LogP contribution in [0.25, 0.3) is 0 Å². The summed E-state index contributed by atoms with van der Waals surface area (Å²) >= 11 is 1.77. The first-order chi connectivity index (χ1) is 14.5. The molecule has 1 saturated carbocycles. The molecule has 30 heavy (non-hydrogen) atoms. The Labute approximate surface area is 183 Å². The zero-order valence-corrected chi connectivity index (χ0v) is 19.2. The molecule has 0 unspecified atom stereocenters. The van der Waals surface area contributed by atoms with E-state index in [1.807, 2.05) is 0 Å². The summed E-state index contributed by atoms with van der Waals surface area (Å²) in [6.45, 7) is 4.82. The van der Waals surface area contributed by atoms with Gasteiger partial charge in [-0.05, 0) is 39.5 Å². The number of hydrogen-bond donors (Lipinski definition) is 1. The van der Waals surface area contributed by atoms with Crippen LogP contribution < -0.4 is 5.32 Å². The SMILES string of the molecule is CCOC(=O)[C@H](CSC1CCCC1)N[C@@H](C)C(=O)N1CCC[C@H]1C(=O)OCCOC. The molecule has 9 heteroatoms. The molecular weight excluding hydrogens is 408 g/mol. The highest BCUT2D eigenvalue weighted by Gasteiger charge is 2.38. The summed E-state index contributed by atoms with van der Waals surface area (Å²) in [7, 11) is 1.54. The van der Waals surface area contributed by atoms with Crippen LogP contribution in [0.4, 0.5) is 0 Å². The van der Waals surface area contributed by atoms with Gasteiger partial charge in [0.1, 0.15) is 18.7 Å². The van der Waals surface area contributed by atoms with Gasteiger partial charge in [-0.25, -0.2) is 4.79 Å². The Morgan fingerprint density at radius 1 is 1.10 bits per heavy atom. The van der Waals surface area contributed by atoms with Crippen molar-refractivity contribution in [2.45, 2.75) is 75.7 Å². The molecule has 0 radical (unpaired) electrons. The maximum Gasteiger partial charge on any atom is 0.328 e. The maximum absolute atomic E-state index is 13.0. The van der Waals surface area contributed by atoms with Crippen molar-refractivity contribution in [3.8, 4) is 0 Å². The Hall–Kier alpha value is -1.32. The number of ether oxygens (including phenoxy) is 3. The zero-order valence-electron chi connectivity index (χ0n) is 18.4. The van der Waals surface area contributed by atoms with Gasteiger partial charge in [0.25, 0.3) is 0 Å². The van der Waals surface area contributed by atoms with Gasteiger partial charge < -0.3 is 19.1 Å². The molecule has 172 valence electrons. The third kappa shape index (κ3) is 7.42. The summed E-state index contributed by atoms with van der Waals surface area (Å²) in [5.74, 6) is -0.353. The number of carbonyl (C=O) groups is 3. The Kier molecular flexibility index (Phi) is 11.0. The van der Waals surface area contributed by atoms with Crippen molar-refractivity contribution in [2.75, 3.05) is 39.2 Å². The average Bonchev–Trinajstić information content (AvgIpc) is 3.42. The highest BCUT2D eigenvalue weighted by atomic mass is 32.2. The maximum atomic E-state index is 13.0. The van der Waals surface area contributed by atoms with E-state index in [9.17, 15) is 14.4 Å². The van der Waals surface area contributed by atoms with E-state index < -0.39 is 24.1 Å². The predicted molar refractivity (Wildman–Crippen MR) is 115 cm³/mol. The van der Waals surface area contributed by atoms with Gasteiger partial charge in [0, 0.05) is 24.7 Å². The first-order valence-corrected chi connectivity index (χ1v) is 12.0. The first kappa shape index (κ1) is 24.9. The third-order valence-electron chi connectivity index (χ3n) is 5.53. The van der Waals surface area contributed by atoms with Gasteiger partial charge in [-0.15, -0.1) is 0 Å². The molecule has 1 heterocycles. The molecule has 2 fully saturated rings. The van der Waals surface area contributed by atoms with Crippen molar-refractivity contribution in [1.82, 2.24) is 10.2 Å². The van der Waals surface area contributed by atoms with E-state index in [1.54, 1.807) is 30.5 Å². The van der Waals surface area contributed by atoms with Crippen LogP contribution in [-0.4, -0.2) is 85.3 Å². The molecule has 0 bridgehead atoms. The second-order valence-electron chi connectivity index (χ2n) is 7.78. The van der Waals surface area contributed by atoms with Crippen molar-refractivity contribution < 1.29 is 28.6 Å². The Morgan fingerprint density at radius 3 is 2.50 bits per heavy atom. The molecule has 8 nitrogen and oxygen atoms in total. The van der Waals surface area contributed by atoms with Crippen molar-refractivity contribution in [1.29, 1.82) is 0 Å². The quantitative estimate of drug-likeness (QED) is 0.359. The molecule has 0 aromatic carbocycles. The molecule has 0 aromatic heterocycles. The fraction of sp³-hybridized carbons (Fsp3) is 0.857. The van der Waals surface area contributed by atoms with Crippen molar-refractivity contribution in [2.24, 2.45) is 0 Å². The zero-order chi connectivity index (χ0) is 21.9. The molecular formula is C21H36N2O6S. The van der Waals surface area contributed by atoms with Crippen LogP contribution in [0.3, 0.4) is 0 Å². The van der Waals surface area contributed by atoms with E-state index in [2.05, 4.69) is 5.32 Å². The summed E-state index contributed by atoms with van der Waals surface area (Å²) < 4.78 is 15.3. The van der Waals surface area contributed by atoms with Gasteiger partial charge in [-0.2, -0.15) is 11.8 Å². The monoisotopic (exact) mass is 444 g/mol. The molecule has 1 amide bonds. The number of hydrogen-bond acceptors (Lipinski definition) is 8. The Morgan fingerprint density at radius 2 is 1.83 bits per heavy atom. The van der Waals surface area contributed by atoms with Crippen LogP contribution in [0.2, 0.25) is 0 Å². The van der Waals surface area contributed by atoms with Crippen LogP contribution in [0.1, 0.15) is 52.4 Å². The van der Waals surface area contributed by atoms with E-state index in [-0.39, 0.29) is 18.5 Å². The average molecular weight is 445 g/mol. The van der Waals surface area contributed by atoms with Gasteiger partial charge >= 0.3 is 11.9 Å². The fourth-order valence-corrected chi connectivity index (χ4v) is 5.30. The smallest absolute Gasteiger partial charge is 0.328 e. The van der Waals surface area contributed by atoms with E-state index in [1.165, 1.54) is 32.8 Å². The summed E-state index contributed by atoms with van der Waals surface area (Å²) in [5, 5.41) is 3.72. The first-order valence-electron chi connectivity index (χ1n) is 11.0. The standard InChI is InChI=1S/C21H36N2O6S/c1-4-28-20(25)17(14-30-16-8-5-6-9-16)22-15(2)19(24)23-11-7-10-18(23)21(26)29-13-12-27-3/h15-18,22H,4-14H2,1-3H3/t15-,17-,18-/m0/s1. The Balaban J connectivity index is 1.93. The predicted octanol–water partition coefficient (Wildman–Crippen LogP) is 1.75. The van der Waals surface area contributed by atoms with E-state index in [0.29, 0.717) is 37.2 Å². The van der Waals surface area contributed by atoms with Crippen LogP contribution in [0.5, 0.6) is 0 Å². The minimum absolute atomic E-state index is 0.172. The molecule has 1 aliphatic heterocycles. The van der Waals surface area contributed by atoms with Gasteiger partial charge in [0.05, 0.1) is 19.3 Å². The molecule has 2 rings (SSSR count). The summed E-state index contributed by atoms with van der Waals surface area (Å²) in [5.41, 5.74) is 0. The number of esters is 2. The normalized spacial score (nSPS) is 21.4. The number of rotatable bonds is 12. The number of amides is 1. The number of carbonyl (C=O) groups excluding carboxylic acids is 3. The van der Waals surface area contributed by atoms with Gasteiger partial charge in [0.2, 0.25) is 5.91 Å². The van der Waals surface area contributed by atoms with Gasteiger partial charge in [-0.1, -0.05) is 12.8 Å². The number of nitrogens with one attached hydrogen (secondary N) is 1. The molecule has 1 N–H and O–H groups in total. The summed E-state index contributed by atoms with van der Waals surface area (Å²) in [6.07, 6.45) is 6.16. The lowest BCUT2D eigenvalue weighted by atomic mass is 10.2. The minimum atomic E-state index is -0.601. The molecule has 2 aliphatic rings. The van der Waals surface area contributed by atoms with Crippen LogP contribution >= 0.6 is 11.8 Å². The van der Waals surface area contributed by atoms with Crippen LogP contribution in [0.15, 0.2) is 0 Å². The molecule has 1 saturated heterocycles. The third-order valence-corrected chi connectivity index (χ3v) is 7.00. The number of methoxy groups -OCH3 is 1. The van der Waals surface area contributed by atoms with Crippen LogP contribution in [0, 0.1) is 0 Å². The lowest BCUT2D eigenvalue weighted by molar-refractivity contribution is -0.155. The Bertz CT molecular complexity index is 570. The van der Waals surface area contributed by atoms with Gasteiger partial charge in [0.15, 0.2) is 0 Å². The molecule has 0 aromatic rings. The lowest BCUT2D eigenvalue weighted by Crippen LogP contribution is -2.54. The molecule has 0 spiro atoms. The second-order valence-corrected chi connectivity index (χ2v) is 9.12. The minimum Gasteiger partial charge on any atom is -0.465 e. The van der Waals surface area contributed by atoms with E-state index >= 15 is 0 Å². The van der Waals surface area contributed by atoms with E-state index in [4.69, 9.17) is 14.2 Å². The fourth-order valence-electron chi connectivity index (χ4n) is 3.93. The highest BCUT2D eigenvalue weighted by molar-refractivity contribution is 8.00. The summed E-state index contributed by atoms with van der Waals surface area (Å²) in [6, 6.07) is -1.73. The van der Waals surface area contributed by atoms with Crippen molar-refractivity contribution in [3.05, 3.63) is 0 Å². The van der Waals surface area contributed by atoms with Crippen LogP contribution in [-0.2, 0) is 28.6 Å². The number of nitrogens with zero attached hydrogens (tertiary/aromatic N) is 1. The molecule has 3 atom stereocenters. The second kappa shape index (κ2) is 13.2. The van der Waals surface area contributed by atoms with Crippen molar-refractivity contribution in [3.63, 3.8) is 0 Å². The molecule has 1 aliphatic carbocycles. The number of likely N-dealkylation sites (tertiary alicyclic amines) is 1. The van der Waals surface area contributed by atoms with E-state index in [0.717, 1.165) is 6.42 Å². The topological polar surface area (TPSA) is 94.2 Å². The highest BCUT2D eigenvalue weighted by Crippen LogP contribution is 2.30. The summed E-state index contributed by atoms with van der Waals surface area (Å²) in [4.78, 5) is 39.4. The number of thioether (sulfide) groups is 1.